The highest BCUT2D eigenvalue weighted by molar-refractivity contribution is 7.99. The normalized spacial score (nSPS) is 17.4. The van der Waals surface area contributed by atoms with Crippen LogP contribution in [0.25, 0.3) is 10.6 Å². The topological polar surface area (TPSA) is 72.2 Å². The van der Waals surface area contributed by atoms with E-state index in [0.29, 0.717) is 16.6 Å². The zero-order chi connectivity index (χ0) is 13.4. The fourth-order valence-corrected chi connectivity index (χ4v) is 3.89. The van der Waals surface area contributed by atoms with Gasteiger partial charge < -0.3 is 5.11 Å². The minimum absolute atomic E-state index is 0.0417. The van der Waals surface area contributed by atoms with E-state index in [1.807, 2.05) is 17.5 Å². The third-order valence-corrected chi connectivity index (χ3v) is 4.86. The largest absolute Gasteiger partial charge is 0.481 e. The van der Waals surface area contributed by atoms with Gasteiger partial charge in [-0.05, 0) is 11.4 Å². The predicted octanol–water partition coefficient (Wildman–Crippen LogP) is 2.09. The van der Waals surface area contributed by atoms with Gasteiger partial charge in [-0.3, -0.25) is 14.2 Å². The Labute approximate surface area is 116 Å². The lowest BCUT2D eigenvalue weighted by Gasteiger charge is -2.10. The summed E-state index contributed by atoms with van der Waals surface area (Å²) in [6.07, 6.45) is -0.0417. The Hall–Kier alpha value is -1.60. The molecule has 0 spiro atoms. The molecular weight excluding hydrogens is 284 g/mol. The molecule has 1 aliphatic rings. The summed E-state index contributed by atoms with van der Waals surface area (Å²) in [6, 6.07) is 5.01. The summed E-state index contributed by atoms with van der Waals surface area (Å²) >= 11 is 2.96. The van der Waals surface area contributed by atoms with Crippen LogP contribution >= 0.6 is 23.1 Å². The van der Waals surface area contributed by atoms with Gasteiger partial charge in [-0.2, -0.15) is 0 Å². The molecule has 5 nitrogen and oxygen atoms in total. The van der Waals surface area contributed by atoms with Crippen LogP contribution in [0.2, 0.25) is 0 Å². The van der Waals surface area contributed by atoms with E-state index in [0.717, 1.165) is 4.88 Å². The second kappa shape index (κ2) is 4.82. The Bertz CT molecular complexity index is 679. The van der Waals surface area contributed by atoms with E-state index in [1.165, 1.54) is 33.7 Å². The first-order valence-corrected chi connectivity index (χ1v) is 7.54. The van der Waals surface area contributed by atoms with Crippen molar-refractivity contribution in [1.82, 2.24) is 9.55 Å². The number of nitrogens with zero attached hydrogens (tertiary/aromatic N) is 2. The molecule has 19 heavy (non-hydrogen) atoms. The van der Waals surface area contributed by atoms with Crippen LogP contribution < -0.4 is 5.56 Å². The maximum atomic E-state index is 12.1. The average molecular weight is 294 g/mol. The lowest BCUT2D eigenvalue weighted by molar-refractivity contribution is -0.137. The summed E-state index contributed by atoms with van der Waals surface area (Å²) in [5.74, 6) is -0.310. The van der Waals surface area contributed by atoms with Gasteiger partial charge in [-0.15, -0.1) is 11.3 Å². The zero-order valence-corrected chi connectivity index (χ0v) is 11.4. The summed E-state index contributed by atoms with van der Waals surface area (Å²) in [5.41, 5.74) is 0.486. The number of hydrogen-bond donors (Lipinski definition) is 1. The number of carboxylic acids is 1. The van der Waals surface area contributed by atoms with E-state index >= 15 is 0 Å². The van der Waals surface area contributed by atoms with Gasteiger partial charge >= 0.3 is 5.97 Å². The summed E-state index contributed by atoms with van der Waals surface area (Å²) in [5, 5.41) is 11.4. The van der Waals surface area contributed by atoms with Crippen LogP contribution in [0.3, 0.4) is 0 Å². The second-order valence-corrected chi connectivity index (χ2v) is 6.11. The maximum absolute atomic E-state index is 12.1. The van der Waals surface area contributed by atoms with Crippen LogP contribution in [-0.2, 0) is 4.79 Å². The molecule has 0 amide bonds. The molecule has 1 atom stereocenters. The smallest absolute Gasteiger partial charge is 0.305 e. The number of rotatable bonds is 3. The molecule has 7 heteroatoms. The van der Waals surface area contributed by atoms with Crippen LogP contribution in [0.5, 0.6) is 0 Å². The Morgan fingerprint density at radius 3 is 3.11 bits per heavy atom. The van der Waals surface area contributed by atoms with Gasteiger partial charge in [0.15, 0.2) is 5.16 Å². The first kappa shape index (κ1) is 12.4. The molecule has 1 N–H and O–H groups in total. The number of thioether (sulfide) groups is 1. The molecule has 2 aromatic rings. The summed E-state index contributed by atoms with van der Waals surface area (Å²) in [6.45, 7) is 0. The van der Waals surface area contributed by atoms with E-state index in [2.05, 4.69) is 4.98 Å². The third-order valence-electron chi connectivity index (χ3n) is 2.87. The van der Waals surface area contributed by atoms with E-state index in [1.54, 1.807) is 0 Å². The van der Waals surface area contributed by atoms with Crippen LogP contribution in [0.4, 0.5) is 0 Å². The van der Waals surface area contributed by atoms with Crippen molar-refractivity contribution in [2.24, 2.45) is 0 Å². The van der Waals surface area contributed by atoms with Gasteiger partial charge in [0.25, 0.3) is 5.56 Å². The van der Waals surface area contributed by atoms with Crippen LogP contribution in [0, 0.1) is 0 Å². The van der Waals surface area contributed by atoms with Crippen molar-refractivity contribution in [3.8, 4) is 10.6 Å². The number of aliphatic carboxylic acids is 1. The van der Waals surface area contributed by atoms with E-state index < -0.39 is 5.97 Å². The number of aromatic nitrogens is 2. The van der Waals surface area contributed by atoms with E-state index in [4.69, 9.17) is 5.11 Å². The quantitative estimate of drug-likeness (QED) is 0.878. The van der Waals surface area contributed by atoms with Crippen LogP contribution in [0.1, 0.15) is 12.5 Å². The van der Waals surface area contributed by atoms with Crippen LogP contribution in [-0.4, -0.2) is 26.4 Å². The van der Waals surface area contributed by atoms with Gasteiger partial charge in [-0.25, -0.2) is 4.98 Å². The molecule has 98 valence electrons. The Morgan fingerprint density at radius 1 is 1.58 bits per heavy atom. The van der Waals surface area contributed by atoms with E-state index in [9.17, 15) is 9.59 Å². The number of thiophene rings is 1. The molecule has 0 fully saturated rings. The van der Waals surface area contributed by atoms with Gasteiger partial charge in [0, 0.05) is 11.8 Å². The maximum Gasteiger partial charge on any atom is 0.305 e. The fraction of sp³-hybridized carbons (Fsp3) is 0.250. The van der Waals surface area contributed by atoms with Gasteiger partial charge in [0.1, 0.15) is 0 Å². The summed E-state index contributed by atoms with van der Waals surface area (Å²) < 4.78 is 1.50. The summed E-state index contributed by atoms with van der Waals surface area (Å²) in [4.78, 5) is 28.3. The lowest BCUT2D eigenvalue weighted by Crippen LogP contribution is -2.25. The molecule has 2 aromatic heterocycles. The van der Waals surface area contributed by atoms with Crippen molar-refractivity contribution in [3.05, 3.63) is 33.9 Å². The molecule has 0 radical (unpaired) electrons. The Balaban J connectivity index is 2.03. The number of fused-ring (bicyclic) bond motifs is 1. The monoisotopic (exact) mass is 294 g/mol. The van der Waals surface area contributed by atoms with Crippen molar-refractivity contribution in [1.29, 1.82) is 0 Å². The molecule has 3 rings (SSSR count). The molecule has 0 aliphatic carbocycles. The second-order valence-electron chi connectivity index (χ2n) is 4.17. The number of hydrogen-bond acceptors (Lipinski definition) is 5. The fourth-order valence-electron chi connectivity index (χ4n) is 2.06. The van der Waals surface area contributed by atoms with Gasteiger partial charge in [0.2, 0.25) is 0 Å². The van der Waals surface area contributed by atoms with Crippen molar-refractivity contribution in [2.75, 3.05) is 5.75 Å². The molecule has 1 aliphatic heterocycles. The van der Waals surface area contributed by atoms with Gasteiger partial charge in [0.05, 0.1) is 23.0 Å². The van der Waals surface area contributed by atoms with E-state index in [-0.39, 0.29) is 18.0 Å². The standard InChI is InChI=1S/C12H10N2O3S2/c15-10-5-8(9-2-1-3-18-9)13-12-14(10)7(6-19-12)4-11(16)17/h1-3,5,7H,4,6H2,(H,16,17)/t7-/m0/s1. The first-order valence-electron chi connectivity index (χ1n) is 5.67. The Kier molecular flexibility index (Phi) is 3.16. The van der Waals surface area contributed by atoms with Crippen molar-refractivity contribution < 1.29 is 9.90 Å². The minimum Gasteiger partial charge on any atom is -0.481 e. The predicted molar refractivity (Wildman–Crippen MR) is 73.8 cm³/mol. The molecule has 0 saturated carbocycles. The van der Waals surface area contributed by atoms with Crippen molar-refractivity contribution in [3.63, 3.8) is 0 Å². The number of carbonyl (C=O) groups is 1. The van der Waals surface area contributed by atoms with Crippen LogP contribution in [0.15, 0.2) is 33.5 Å². The molecule has 0 bridgehead atoms. The molecular formula is C12H10N2O3S2. The van der Waals surface area contributed by atoms with Crippen molar-refractivity contribution in [2.45, 2.75) is 17.6 Å². The van der Waals surface area contributed by atoms with Crippen molar-refractivity contribution >= 4 is 29.1 Å². The molecule has 0 unspecified atom stereocenters. The first-order chi connectivity index (χ1) is 9.15. The highest BCUT2D eigenvalue weighted by Gasteiger charge is 2.27. The molecule has 0 saturated heterocycles. The minimum atomic E-state index is -0.896. The average Bonchev–Trinajstić information content (AvgIpc) is 2.97. The highest BCUT2D eigenvalue weighted by atomic mass is 32.2. The summed E-state index contributed by atoms with van der Waals surface area (Å²) in [7, 11) is 0. The van der Waals surface area contributed by atoms with Gasteiger partial charge in [-0.1, -0.05) is 17.8 Å². The SMILES string of the molecule is O=C(O)C[C@H]1CSc2nc(-c3cccs3)cc(=O)n21. The lowest BCUT2D eigenvalue weighted by atomic mass is 10.2. The molecule has 3 heterocycles. The highest BCUT2D eigenvalue weighted by Crippen LogP contribution is 2.33. The molecule has 0 aromatic carbocycles. The zero-order valence-electron chi connectivity index (χ0n) is 9.78. The number of carboxylic acid groups (broad SMARTS) is 1. The Morgan fingerprint density at radius 2 is 2.42 bits per heavy atom. The third kappa shape index (κ3) is 2.31.